The van der Waals surface area contributed by atoms with E-state index in [1.807, 2.05) is 20.2 Å². The Morgan fingerprint density at radius 3 is 2.55 bits per heavy atom. The Hall–Kier alpha value is -4.00. The van der Waals surface area contributed by atoms with Crippen LogP contribution in [0.15, 0.2) is 30.7 Å². The number of ether oxygens (including phenoxy) is 1. The van der Waals surface area contributed by atoms with Crippen LogP contribution in [0.5, 0.6) is 0 Å². The molecular weight excluding hydrogens is 517 g/mol. The molecule has 0 radical (unpaired) electrons. The highest BCUT2D eigenvalue weighted by Gasteiger charge is 2.27. The molecule has 0 aliphatic heterocycles. The van der Waals surface area contributed by atoms with E-state index in [0.717, 1.165) is 63.4 Å². The van der Waals surface area contributed by atoms with Crippen LogP contribution in [0.3, 0.4) is 0 Å². The van der Waals surface area contributed by atoms with Crippen molar-refractivity contribution in [1.29, 1.82) is 0 Å². The lowest BCUT2D eigenvalue weighted by Gasteiger charge is -2.29. The molecule has 2 aliphatic carbocycles. The highest BCUT2D eigenvalue weighted by atomic mass is 19.1. The topological polar surface area (TPSA) is 138 Å². The fourth-order valence-electron chi connectivity index (χ4n) is 4.72. The van der Waals surface area contributed by atoms with E-state index < -0.39 is 11.7 Å². The smallest absolute Gasteiger partial charge is 0.407 e. The number of alkyl carbamates (subject to hydrolysis) is 1. The van der Waals surface area contributed by atoms with Crippen molar-refractivity contribution in [3.8, 4) is 0 Å². The van der Waals surface area contributed by atoms with Crippen LogP contribution in [0.25, 0.3) is 5.65 Å². The predicted octanol–water partition coefficient (Wildman–Crippen LogP) is 3.49. The number of nitrogens with zero attached hydrogens (tertiary/aromatic N) is 5. The summed E-state index contributed by atoms with van der Waals surface area (Å²) in [5.41, 5.74) is 1.51. The number of halogens is 1. The van der Waals surface area contributed by atoms with Gasteiger partial charge < -0.3 is 30.9 Å². The maximum Gasteiger partial charge on any atom is 0.407 e. The summed E-state index contributed by atoms with van der Waals surface area (Å²) in [6.45, 7) is 1.49. The molecule has 40 heavy (non-hydrogen) atoms. The first-order valence-corrected chi connectivity index (χ1v) is 13.8. The largest absolute Gasteiger partial charge is 0.446 e. The number of hydrogen-bond donors (Lipinski definition) is 4. The molecule has 12 nitrogen and oxygen atoms in total. The number of rotatable bonds is 11. The second-order valence-electron chi connectivity index (χ2n) is 10.7. The first-order valence-electron chi connectivity index (χ1n) is 13.8. The SMILES string of the molecule is CN(C)CCCNC(=O)OC1CCC(Nc2cc(NC3CC3)c3ncc(C(=O)Nc4ccncc4F)n3n2)CC1. The van der Waals surface area contributed by atoms with Crippen molar-refractivity contribution in [2.45, 2.75) is 63.1 Å². The average Bonchev–Trinajstić information content (AvgIpc) is 3.64. The third-order valence-electron chi connectivity index (χ3n) is 7.01. The summed E-state index contributed by atoms with van der Waals surface area (Å²) in [4.78, 5) is 35.4. The van der Waals surface area contributed by atoms with Gasteiger partial charge in [0.25, 0.3) is 5.91 Å². The van der Waals surface area contributed by atoms with E-state index in [1.165, 1.54) is 23.0 Å². The van der Waals surface area contributed by atoms with Gasteiger partial charge in [-0.1, -0.05) is 0 Å². The molecule has 2 amide bonds. The van der Waals surface area contributed by atoms with Gasteiger partial charge in [-0.05, 0) is 71.7 Å². The molecule has 2 saturated carbocycles. The van der Waals surface area contributed by atoms with E-state index in [2.05, 4.69) is 41.2 Å². The fourth-order valence-corrected chi connectivity index (χ4v) is 4.72. The molecule has 13 heteroatoms. The lowest BCUT2D eigenvalue weighted by atomic mass is 9.93. The van der Waals surface area contributed by atoms with Crippen molar-refractivity contribution in [2.24, 2.45) is 0 Å². The monoisotopic (exact) mass is 553 g/mol. The molecule has 3 heterocycles. The van der Waals surface area contributed by atoms with Gasteiger partial charge in [-0.3, -0.25) is 9.78 Å². The van der Waals surface area contributed by atoms with E-state index >= 15 is 0 Å². The molecule has 214 valence electrons. The second kappa shape index (κ2) is 12.5. The Kier molecular flexibility index (Phi) is 8.58. The molecule has 0 aromatic carbocycles. The molecule has 5 rings (SSSR count). The van der Waals surface area contributed by atoms with Crippen molar-refractivity contribution in [2.75, 3.05) is 43.1 Å². The molecule has 0 spiro atoms. The molecule has 2 fully saturated rings. The van der Waals surface area contributed by atoms with E-state index in [1.54, 1.807) is 0 Å². The number of fused-ring (bicyclic) bond motifs is 1. The number of amides is 2. The van der Waals surface area contributed by atoms with E-state index in [9.17, 15) is 14.0 Å². The molecule has 3 aromatic rings. The van der Waals surface area contributed by atoms with Crippen LogP contribution in [-0.2, 0) is 4.74 Å². The number of hydrogen-bond acceptors (Lipinski definition) is 9. The number of carbonyl (C=O) groups excluding carboxylic acids is 2. The zero-order valence-corrected chi connectivity index (χ0v) is 22.8. The lowest BCUT2D eigenvalue weighted by molar-refractivity contribution is 0.0730. The predicted molar refractivity (Wildman–Crippen MR) is 149 cm³/mol. The van der Waals surface area contributed by atoms with Gasteiger partial charge in [0.15, 0.2) is 17.2 Å². The highest BCUT2D eigenvalue weighted by molar-refractivity contribution is 6.03. The Morgan fingerprint density at radius 2 is 1.82 bits per heavy atom. The minimum absolute atomic E-state index is 0.0294. The van der Waals surface area contributed by atoms with Crippen LogP contribution in [0, 0.1) is 5.82 Å². The summed E-state index contributed by atoms with van der Waals surface area (Å²) >= 11 is 0. The van der Waals surface area contributed by atoms with Crippen LogP contribution in [0.1, 0.15) is 55.4 Å². The Morgan fingerprint density at radius 1 is 1.07 bits per heavy atom. The lowest BCUT2D eigenvalue weighted by Crippen LogP contribution is -2.35. The maximum atomic E-state index is 14.1. The number of carbonyl (C=O) groups is 2. The number of aromatic nitrogens is 4. The van der Waals surface area contributed by atoms with Gasteiger partial charge in [0.2, 0.25) is 0 Å². The molecule has 0 unspecified atom stereocenters. The number of nitrogens with one attached hydrogen (secondary N) is 4. The summed E-state index contributed by atoms with van der Waals surface area (Å²) in [7, 11) is 4.00. The Labute approximate surface area is 232 Å². The van der Waals surface area contributed by atoms with Crippen LogP contribution in [0.2, 0.25) is 0 Å². The van der Waals surface area contributed by atoms with Crippen LogP contribution >= 0.6 is 0 Å². The summed E-state index contributed by atoms with van der Waals surface area (Å²) in [6.07, 6.45) is 9.52. The summed E-state index contributed by atoms with van der Waals surface area (Å²) in [5, 5.41) is 17.0. The van der Waals surface area contributed by atoms with Gasteiger partial charge in [-0.15, -0.1) is 5.10 Å². The van der Waals surface area contributed by atoms with Gasteiger partial charge in [-0.2, -0.15) is 0 Å². The van der Waals surface area contributed by atoms with Crippen molar-refractivity contribution >= 4 is 34.8 Å². The van der Waals surface area contributed by atoms with Crippen LogP contribution < -0.4 is 21.3 Å². The zero-order chi connectivity index (χ0) is 28.1. The molecule has 4 N–H and O–H groups in total. The van der Waals surface area contributed by atoms with Gasteiger partial charge in [-0.25, -0.2) is 18.7 Å². The minimum atomic E-state index is -0.627. The van der Waals surface area contributed by atoms with Gasteiger partial charge in [0, 0.05) is 30.9 Å². The van der Waals surface area contributed by atoms with Crippen LogP contribution in [0.4, 0.5) is 26.4 Å². The van der Waals surface area contributed by atoms with Crippen molar-refractivity contribution in [3.05, 3.63) is 42.2 Å². The average molecular weight is 554 g/mol. The number of imidazole rings is 1. The maximum absolute atomic E-state index is 14.1. The standard InChI is InChI=1S/C27H36FN9O3/c1-36(2)13-3-11-30-27(39)40-19-8-6-18(7-9-19)33-24-14-22(32-17-4-5-17)25-31-16-23(37(25)35-24)26(38)34-21-10-12-29-15-20(21)28/h10,12,14-19,32H,3-9,11,13H2,1-2H3,(H,30,39)(H,33,35)(H,29,34,38). The first-order chi connectivity index (χ1) is 19.4. The zero-order valence-electron chi connectivity index (χ0n) is 22.8. The Balaban J connectivity index is 1.22. The van der Waals surface area contributed by atoms with Crippen molar-refractivity contribution in [3.63, 3.8) is 0 Å². The summed E-state index contributed by atoms with van der Waals surface area (Å²) in [5.74, 6) is -0.560. The third-order valence-corrected chi connectivity index (χ3v) is 7.01. The number of anilines is 3. The van der Waals surface area contributed by atoms with E-state index in [0.29, 0.717) is 24.1 Å². The molecule has 0 bridgehead atoms. The van der Waals surface area contributed by atoms with Gasteiger partial charge in [0.1, 0.15) is 11.9 Å². The molecule has 0 saturated heterocycles. The van der Waals surface area contributed by atoms with Gasteiger partial charge >= 0.3 is 6.09 Å². The van der Waals surface area contributed by atoms with Crippen LogP contribution in [-0.4, -0.2) is 81.9 Å². The summed E-state index contributed by atoms with van der Waals surface area (Å²) in [6, 6.07) is 3.80. The summed E-state index contributed by atoms with van der Waals surface area (Å²) < 4.78 is 21.2. The number of pyridine rings is 1. The van der Waals surface area contributed by atoms with E-state index in [-0.39, 0.29) is 29.6 Å². The molecular formula is C27H36FN9O3. The normalized spacial score (nSPS) is 18.9. The minimum Gasteiger partial charge on any atom is -0.446 e. The quantitative estimate of drug-likeness (QED) is 0.263. The molecule has 0 atom stereocenters. The second-order valence-corrected chi connectivity index (χ2v) is 10.7. The van der Waals surface area contributed by atoms with Crippen molar-refractivity contribution < 1.29 is 18.7 Å². The Bertz CT molecular complexity index is 1340. The molecule has 3 aromatic heterocycles. The van der Waals surface area contributed by atoms with E-state index in [4.69, 9.17) is 4.74 Å². The fraction of sp³-hybridized carbons (Fsp3) is 0.519. The highest BCUT2D eigenvalue weighted by Crippen LogP contribution is 2.30. The van der Waals surface area contributed by atoms with Crippen molar-refractivity contribution in [1.82, 2.24) is 29.8 Å². The first kappa shape index (κ1) is 27.6. The van der Waals surface area contributed by atoms with Gasteiger partial charge in [0.05, 0.1) is 23.8 Å². The molecule has 2 aliphatic rings. The third kappa shape index (κ3) is 7.14.